The first kappa shape index (κ1) is 22.0. The number of nitrogens with one attached hydrogen (secondary N) is 1. The van der Waals surface area contributed by atoms with Gasteiger partial charge < -0.3 is 10.1 Å². The Morgan fingerprint density at radius 1 is 1.12 bits per heavy atom. The van der Waals surface area contributed by atoms with Gasteiger partial charge in [-0.25, -0.2) is 4.98 Å². The first-order chi connectivity index (χ1) is 15.5. The lowest BCUT2D eigenvalue weighted by Gasteiger charge is -2.10. The van der Waals surface area contributed by atoms with Crippen LogP contribution in [0.2, 0.25) is 0 Å². The zero-order valence-corrected chi connectivity index (χ0v) is 19.7. The predicted molar refractivity (Wildman–Crippen MR) is 130 cm³/mol. The number of ether oxygens (including phenoxy) is 1. The van der Waals surface area contributed by atoms with E-state index in [1.165, 1.54) is 5.56 Å². The summed E-state index contributed by atoms with van der Waals surface area (Å²) in [6.45, 7) is 4.47. The minimum absolute atomic E-state index is 0.0871. The summed E-state index contributed by atoms with van der Waals surface area (Å²) in [5.41, 5.74) is 2.93. The Morgan fingerprint density at radius 2 is 1.97 bits per heavy atom. The number of para-hydroxylation sites is 1. The molecule has 0 aliphatic rings. The Hall–Kier alpha value is -3.19. The number of hydrogen-bond donors (Lipinski definition) is 1. The summed E-state index contributed by atoms with van der Waals surface area (Å²) in [5, 5.41) is 8.53. The molecule has 0 fully saturated rings. The highest BCUT2D eigenvalue weighted by Crippen LogP contribution is 2.26. The second kappa shape index (κ2) is 9.96. The van der Waals surface area contributed by atoms with Crippen LogP contribution in [0.1, 0.15) is 31.0 Å². The number of pyridine rings is 1. The van der Waals surface area contributed by atoms with E-state index in [0.717, 1.165) is 33.2 Å². The van der Waals surface area contributed by atoms with Gasteiger partial charge in [-0.2, -0.15) is 9.78 Å². The van der Waals surface area contributed by atoms with Gasteiger partial charge in [0.1, 0.15) is 11.6 Å². The molecule has 0 saturated heterocycles. The third-order valence-electron chi connectivity index (χ3n) is 5.11. The summed E-state index contributed by atoms with van der Waals surface area (Å²) in [7, 11) is 0. The molecule has 7 heteroatoms. The molecule has 4 rings (SSSR count). The minimum Gasteiger partial charge on any atom is -0.492 e. The van der Waals surface area contributed by atoms with Crippen molar-refractivity contribution in [3.8, 4) is 11.6 Å². The number of carbonyl (C=O) groups is 1. The summed E-state index contributed by atoms with van der Waals surface area (Å²) < 4.78 is 8.42. The van der Waals surface area contributed by atoms with Gasteiger partial charge in [0.2, 0.25) is 5.91 Å². The zero-order valence-electron chi connectivity index (χ0n) is 18.1. The van der Waals surface area contributed by atoms with Gasteiger partial charge in [-0.1, -0.05) is 31.2 Å². The third-order valence-corrected chi connectivity index (χ3v) is 5.73. The van der Waals surface area contributed by atoms with Crippen LogP contribution >= 0.6 is 15.9 Å². The van der Waals surface area contributed by atoms with Crippen LogP contribution in [0, 0.1) is 6.92 Å². The van der Waals surface area contributed by atoms with Crippen molar-refractivity contribution in [3.05, 3.63) is 76.4 Å². The molecule has 0 radical (unpaired) electrons. The molecule has 164 valence electrons. The lowest BCUT2D eigenvalue weighted by Crippen LogP contribution is -2.16. The first-order valence-electron chi connectivity index (χ1n) is 10.7. The Balaban J connectivity index is 1.36. The average Bonchev–Trinajstić information content (AvgIpc) is 3.16. The van der Waals surface area contributed by atoms with E-state index >= 15 is 0 Å². The van der Waals surface area contributed by atoms with Crippen LogP contribution in [0.25, 0.3) is 16.7 Å². The maximum absolute atomic E-state index is 12.5. The van der Waals surface area contributed by atoms with Gasteiger partial charge in [-0.05, 0) is 71.6 Å². The lowest BCUT2D eigenvalue weighted by molar-refractivity contribution is -0.116. The first-order valence-corrected chi connectivity index (χ1v) is 11.5. The number of hydrogen-bond acceptors (Lipinski definition) is 4. The Bertz CT molecular complexity index is 1250. The average molecular weight is 493 g/mol. The number of benzene rings is 2. The van der Waals surface area contributed by atoms with Crippen LogP contribution in [0.15, 0.2) is 65.1 Å². The fraction of sp³-hybridized carbons (Fsp3) is 0.240. The lowest BCUT2D eigenvalue weighted by atomic mass is 10.2. The van der Waals surface area contributed by atoms with Gasteiger partial charge in [-0.3, -0.25) is 4.79 Å². The van der Waals surface area contributed by atoms with Crippen molar-refractivity contribution in [2.45, 2.75) is 33.1 Å². The number of amides is 1. The van der Waals surface area contributed by atoms with E-state index in [1.54, 1.807) is 4.68 Å². The van der Waals surface area contributed by atoms with E-state index in [1.807, 2.05) is 55.5 Å². The molecule has 1 N–H and O–H groups in total. The molecule has 0 spiro atoms. The molecule has 2 heterocycles. The monoisotopic (exact) mass is 492 g/mol. The van der Waals surface area contributed by atoms with E-state index in [2.05, 4.69) is 50.4 Å². The molecule has 0 unspecified atom stereocenters. The Morgan fingerprint density at radius 3 is 2.78 bits per heavy atom. The second-order valence-corrected chi connectivity index (χ2v) is 8.42. The highest BCUT2D eigenvalue weighted by Gasteiger charge is 2.12. The van der Waals surface area contributed by atoms with Gasteiger partial charge in [0, 0.05) is 17.9 Å². The standard InChI is InChI=1S/C25H25BrN4O2/c1-3-18-10-12-22(20(26)16-18)32-14-6-9-25(31)28-24-15-17(2)29-30(24)23-13-11-19-7-4-5-8-21(19)27-23/h4-5,7-8,10-13,15-16H,3,6,9,14H2,1-2H3,(H,28,31). The summed E-state index contributed by atoms with van der Waals surface area (Å²) in [5.74, 6) is 1.97. The van der Waals surface area contributed by atoms with Gasteiger partial charge in [0.25, 0.3) is 0 Å². The zero-order chi connectivity index (χ0) is 22.5. The molecule has 0 aliphatic heterocycles. The second-order valence-electron chi connectivity index (χ2n) is 7.56. The largest absolute Gasteiger partial charge is 0.492 e. The summed E-state index contributed by atoms with van der Waals surface area (Å²) >= 11 is 3.54. The minimum atomic E-state index is -0.0871. The highest BCUT2D eigenvalue weighted by molar-refractivity contribution is 9.10. The summed E-state index contributed by atoms with van der Waals surface area (Å²) in [6, 6.07) is 19.7. The summed E-state index contributed by atoms with van der Waals surface area (Å²) in [4.78, 5) is 17.2. The molecule has 0 aliphatic carbocycles. The molecule has 1 amide bonds. The molecule has 4 aromatic rings. The quantitative estimate of drug-likeness (QED) is 0.313. The van der Waals surface area contributed by atoms with E-state index in [9.17, 15) is 4.79 Å². The predicted octanol–water partition coefficient (Wildman–Crippen LogP) is 5.85. The van der Waals surface area contributed by atoms with Crippen molar-refractivity contribution < 1.29 is 9.53 Å². The molecule has 0 bridgehead atoms. The van der Waals surface area contributed by atoms with Crippen LogP contribution in [0.5, 0.6) is 5.75 Å². The summed E-state index contributed by atoms with van der Waals surface area (Å²) in [6.07, 6.45) is 1.93. The van der Waals surface area contributed by atoms with Crippen LogP contribution < -0.4 is 10.1 Å². The van der Waals surface area contributed by atoms with Gasteiger partial charge >= 0.3 is 0 Å². The Kier molecular flexibility index (Phi) is 6.85. The smallest absolute Gasteiger partial charge is 0.225 e. The number of aryl methyl sites for hydroxylation is 2. The molecular formula is C25H25BrN4O2. The molecule has 2 aromatic carbocycles. The van der Waals surface area contributed by atoms with Crippen molar-refractivity contribution in [1.29, 1.82) is 0 Å². The fourth-order valence-corrected chi connectivity index (χ4v) is 3.98. The molecule has 6 nitrogen and oxygen atoms in total. The van der Waals surface area contributed by atoms with Crippen LogP contribution in [-0.2, 0) is 11.2 Å². The van der Waals surface area contributed by atoms with E-state index < -0.39 is 0 Å². The van der Waals surface area contributed by atoms with Gasteiger partial charge in [0.15, 0.2) is 5.82 Å². The molecular weight excluding hydrogens is 468 g/mol. The number of nitrogens with zero attached hydrogens (tertiary/aromatic N) is 3. The topological polar surface area (TPSA) is 69.0 Å². The number of anilines is 1. The van der Waals surface area contributed by atoms with Crippen LogP contribution in [0.4, 0.5) is 5.82 Å². The maximum atomic E-state index is 12.5. The van der Waals surface area contributed by atoms with Crippen LogP contribution in [-0.4, -0.2) is 27.3 Å². The molecule has 32 heavy (non-hydrogen) atoms. The van der Waals surface area contributed by atoms with Crippen molar-refractivity contribution >= 4 is 38.6 Å². The van der Waals surface area contributed by atoms with Gasteiger partial charge in [-0.15, -0.1) is 0 Å². The number of aromatic nitrogens is 3. The van der Waals surface area contributed by atoms with Crippen molar-refractivity contribution in [2.75, 3.05) is 11.9 Å². The van der Waals surface area contributed by atoms with Crippen LogP contribution in [0.3, 0.4) is 0 Å². The number of halogens is 1. The van der Waals surface area contributed by atoms with Crippen molar-refractivity contribution in [3.63, 3.8) is 0 Å². The van der Waals surface area contributed by atoms with E-state index in [4.69, 9.17) is 4.74 Å². The van der Waals surface area contributed by atoms with Crippen molar-refractivity contribution in [2.24, 2.45) is 0 Å². The van der Waals surface area contributed by atoms with Crippen molar-refractivity contribution in [1.82, 2.24) is 14.8 Å². The number of rotatable bonds is 8. The molecule has 2 aromatic heterocycles. The molecule has 0 saturated carbocycles. The number of fused-ring (bicyclic) bond motifs is 1. The fourth-order valence-electron chi connectivity index (χ4n) is 3.44. The molecule has 0 atom stereocenters. The number of carbonyl (C=O) groups excluding carboxylic acids is 1. The SMILES string of the molecule is CCc1ccc(OCCCC(=O)Nc2cc(C)nn2-c2ccc3ccccc3n2)c(Br)c1. The third kappa shape index (κ3) is 5.16. The van der Waals surface area contributed by atoms with Gasteiger partial charge in [0.05, 0.1) is 22.3 Å². The van der Waals surface area contributed by atoms with E-state index in [-0.39, 0.29) is 5.91 Å². The normalized spacial score (nSPS) is 11.0. The maximum Gasteiger partial charge on any atom is 0.225 e. The highest BCUT2D eigenvalue weighted by atomic mass is 79.9. The van der Waals surface area contributed by atoms with E-state index in [0.29, 0.717) is 31.1 Å². The Labute approximate surface area is 195 Å².